The van der Waals surface area contributed by atoms with Gasteiger partial charge in [0.15, 0.2) is 5.78 Å². The zero-order valence-electron chi connectivity index (χ0n) is 15.9. The number of Topliss-reactive ketones (excluding diaryl/α,β-unsaturated/α-hetero) is 1. The van der Waals surface area contributed by atoms with Gasteiger partial charge in [-0.3, -0.25) is 19.3 Å². The van der Waals surface area contributed by atoms with Crippen LogP contribution >= 0.6 is 0 Å². The monoisotopic (exact) mass is 363 g/mol. The highest BCUT2D eigenvalue weighted by atomic mass is 16.5. The number of ether oxygens (including phenoxy) is 1. The molecule has 0 N–H and O–H groups in total. The molecule has 0 aliphatic carbocycles. The molecule has 0 radical (unpaired) electrons. The Labute approximate surface area is 152 Å². The fourth-order valence-corrected chi connectivity index (χ4v) is 3.39. The Morgan fingerprint density at radius 2 is 1.77 bits per heavy atom. The van der Waals surface area contributed by atoms with Gasteiger partial charge >= 0.3 is 17.8 Å². The van der Waals surface area contributed by atoms with Gasteiger partial charge in [-0.15, -0.1) is 0 Å². The van der Waals surface area contributed by atoms with Gasteiger partial charge in [0, 0.05) is 30.6 Å². The number of nitrogens with zero attached hydrogens (tertiary/aromatic N) is 3. The molecule has 1 saturated heterocycles. The van der Waals surface area contributed by atoms with Crippen molar-refractivity contribution >= 4 is 23.6 Å². The third-order valence-corrected chi connectivity index (χ3v) is 4.52. The predicted molar refractivity (Wildman–Crippen MR) is 93.9 cm³/mol. The Balaban J connectivity index is 2.23. The molecule has 1 aliphatic rings. The lowest BCUT2D eigenvalue weighted by Gasteiger charge is -2.18. The Kier molecular flexibility index (Phi) is 5.97. The summed E-state index contributed by atoms with van der Waals surface area (Å²) in [6.45, 7) is 7.70. The van der Waals surface area contributed by atoms with E-state index in [2.05, 4.69) is 0 Å². The number of carbonyl (C=O) groups is 4. The summed E-state index contributed by atoms with van der Waals surface area (Å²) in [7, 11) is 1.61. The van der Waals surface area contributed by atoms with Crippen LogP contribution in [0.15, 0.2) is 6.07 Å². The molecule has 0 bridgehead atoms. The summed E-state index contributed by atoms with van der Waals surface area (Å²) < 4.78 is 7.16. The molecule has 0 unspecified atom stereocenters. The van der Waals surface area contributed by atoms with Crippen LogP contribution in [0, 0.1) is 13.8 Å². The van der Waals surface area contributed by atoms with Crippen molar-refractivity contribution in [1.82, 2.24) is 14.4 Å². The van der Waals surface area contributed by atoms with Crippen molar-refractivity contribution in [3.63, 3.8) is 0 Å². The van der Waals surface area contributed by atoms with Crippen LogP contribution in [0.2, 0.25) is 0 Å². The number of amides is 4. The molecule has 26 heavy (non-hydrogen) atoms. The highest BCUT2D eigenvalue weighted by Gasteiger charge is 2.44. The van der Waals surface area contributed by atoms with Gasteiger partial charge in [-0.25, -0.2) is 9.69 Å². The summed E-state index contributed by atoms with van der Waals surface area (Å²) in [6.07, 6.45) is 0.547. The first kappa shape index (κ1) is 19.8. The summed E-state index contributed by atoms with van der Waals surface area (Å²) in [5.74, 6) is -2.19. The van der Waals surface area contributed by atoms with E-state index in [-0.39, 0.29) is 18.4 Å². The van der Waals surface area contributed by atoms with Crippen molar-refractivity contribution in [2.24, 2.45) is 0 Å². The molecular weight excluding hydrogens is 338 g/mol. The van der Waals surface area contributed by atoms with Gasteiger partial charge in [0.2, 0.25) is 0 Å². The zero-order valence-corrected chi connectivity index (χ0v) is 15.9. The largest absolute Gasteiger partial charge is 0.383 e. The van der Waals surface area contributed by atoms with Crippen LogP contribution in [0.1, 0.15) is 48.1 Å². The minimum Gasteiger partial charge on any atom is -0.383 e. The molecule has 1 aliphatic heterocycles. The molecule has 4 amide bonds. The van der Waals surface area contributed by atoms with Crippen LogP contribution in [-0.4, -0.2) is 64.8 Å². The molecule has 0 spiro atoms. The molecule has 2 heterocycles. The van der Waals surface area contributed by atoms with Crippen molar-refractivity contribution in [2.45, 2.75) is 40.2 Å². The first-order valence-corrected chi connectivity index (χ1v) is 8.62. The van der Waals surface area contributed by atoms with Gasteiger partial charge in [0.05, 0.1) is 19.2 Å². The maximum absolute atomic E-state index is 12.7. The van der Waals surface area contributed by atoms with Gasteiger partial charge in [-0.1, -0.05) is 6.92 Å². The van der Waals surface area contributed by atoms with Crippen molar-refractivity contribution in [3.8, 4) is 0 Å². The van der Waals surface area contributed by atoms with E-state index in [1.165, 1.54) is 0 Å². The summed E-state index contributed by atoms with van der Waals surface area (Å²) >= 11 is 0. The Bertz CT molecular complexity index is 752. The molecule has 8 heteroatoms. The van der Waals surface area contributed by atoms with E-state index >= 15 is 0 Å². The second kappa shape index (κ2) is 7.82. The Morgan fingerprint density at radius 1 is 1.15 bits per heavy atom. The maximum Gasteiger partial charge on any atom is 0.334 e. The normalized spacial score (nSPS) is 16.0. The van der Waals surface area contributed by atoms with Crippen LogP contribution in [-0.2, 0) is 14.3 Å². The molecule has 0 saturated carbocycles. The van der Waals surface area contributed by atoms with Gasteiger partial charge in [0.25, 0.3) is 0 Å². The standard InChI is InChI=1S/C18H25N3O5/c1-6-7-19-16(23)17(24)20(18(19)25)9-15(22)14-8-11(2)21(13(14)4)12(3)10-26-5/h8,12H,6-7,9-10H2,1-5H3/t12-/m1/s1. The second-order valence-electron chi connectivity index (χ2n) is 6.51. The lowest BCUT2D eigenvalue weighted by molar-refractivity contribution is -0.143. The number of hydrogen-bond acceptors (Lipinski definition) is 5. The third-order valence-electron chi connectivity index (χ3n) is 4.52. The van der Waals surface area contributed by atoms with Gasteiger partial charge in [0.1, 0.15) is 0 Å². The van der Waals surface area contributed by atoms with E-state index in [1.54, 1.807) is 20.1 Å². The average Bonchev–Trinajstić information content (AvgIpc) is 2.99. The lowest BCUT2D eigenvalue weighted by atomic mass is 10.1. The zero-order chi connectivity index (χ0) is 19.6. The predicted octanol–water partition coefficient (Wildman–Crippen LogP) is 1.70. The molecule has 2 rings (SSSR count). The maximum atomic E-state index is 12.7. The van der Waals surface area contributed by atoms with Crippen LogP contribution in [0.5, 0.6) is 0 Å². The second-order valence-corrected chi connectivity index (χ2v) is 6.51. The molecule has 142 valence electrons. The molecule has 1 atom stereocenters. The Morgan fingerprint density at radius 3 is 2.35 bits per heavy atom. The number of aromatic nitrogens is 1. The van der Waals surface area contributed by atoms with E-state index in [0.29, 0.717) is 18.6 Å². The van der Waals surface area contributed by atoms with Gasteiger partial charge < -0.3 is 9.30 Å². The SMILES string of the molecule is CCCN1C(=O)C(=O)N(CC(=O)c2cc(C)n([C@H](C)COC)c2C)C1=O. The van der Waals surface area contributed by atoms with E-state index in [0.717, 1.165) is 21.2 Å². The molecule has 1 aromatic heterocycles. The topological polar surface area (TPSA) is 88.9 Å². The van der Waals surface area contributed by atoms with E-state index in [1.807, 2.05) is 25.3 Å². The molecule has 0 aromatic carbocycles. The minimum absolute atomic E-state index is 0.0400. The number of rotatable bonds is 8. The number of imide groups is 2. The summed E-state index contributed by atoms with van der Waals surface area (Å²) in [5, 5.41) is 0. The highest BCUT2D eigenvalue weighted by Crippen LogP contribution is 2.22. The summed E-state index contributed by atoms with van der Waals surface area (Å²) in [4.78, 5) is 50.6. The quantitative estimate of drug-likeness (QED) is 0.398. The van der Waals surface area contributed by atoms with Crippen molar-refractivity contribution in [1.29, 1.82) is 0 Å². The smallest absolute Gasteiger partial charge is 0.334 e. The fourth-order valence-electron chi connectivity index (χ4n) is 3.39. The lowest BCUT2D eigenvalue weighted by Crippen LogP contribution is -2.37. The van der Waals surface area contributed by atoms with Crippen molar-refractivity contribution < 1.29 is 23.9 Å². The minimum atomic E-state index is -0.946. The number of hydrogen-bond donors (Lipinski definition) is 0. The van der Waals surface area contributed by atoms with Crippen molar-refractivity contribution in [2.75, 3.05) is 26.8 Å². The van der Waals surface area contributed by atoms with Crippen LogP contribution in [0.4, 0.5) is 4.79 Å². The number of aryl methyl sites for hydroxylation is 1. The molecule has 1 fully saturated rings. The van der Waals surface area contributed by atoms with E-state index < -0.39 is 24.4 Å². The first-order chi connectivity index (χ1) is 12.2. The highest BCUT2D eigenvalue weighted by molar-refractivity contribution is 6.45. The summed E-state index contributed by atoms with van der Waals surface area (Å²) in [5.41, 5.74) is 2.07. The average molecular weight is 363 g/mol. The van der Waals surface area contributed by atoms with E-state index in [4.69, 9.17) is 4.74 Å². The molecule has 8 nitrogen and oxygen atoms in total. The number of methoxy groups -OCH3 is 1. The number of ketones is 1. The van der Waals surface area contributed by atoms with Crippen LogP contribution < -0.4 is 0 Å². The molecule has 1 aromatic rings. The van der Waals surface area contributed by atoms with Gasteiger partial charge in [-0.05, 0) is 33.3 Å². The van der Waals surface area contributed by atoms with Crippen molar-refractivity contribution in [3.05, 3.63) is 23.0 Å². The first-order valence-electron chi connectivity index (χ1n) is 8.62. The number of carbonyl (C=O) groups excluding carboxylic acids is 4. The number of urea groups is 1. The van der Waals surface area contributed by atoms with Gasteiger partial charge in [-0.2, -0.15) is 0 Å². The van der Waals surface area contributed by atoms with E-state index in [9.17, 15) is 19.2 Å². The molecular formula is C18H25N3O5. The van der Waals surface area contributed by atoms with Crippen LogP contribution in [0.25, 0.3) is 0 Å². The fraction of sp³-hybridized carbons (Fsp3) is 0.556. The summed E-state index contributed by atoms with van der Waals surface area (Å²) in [6, 6.07) is 1.05. The van der Waals surface area contributed by atoms with Crippen LogP contribution in [0.3, 0.4) is 0 Å². The Hall–Kier alpha value is -2.48. The third kappa shape index (κ3) is 3.41.